The molecule has 0 radical (unpaired) electrons. The van der Waals surface area contributed by atoms with Crippen molar-refractivity contribution in [1.29, 1.82) is 0 Å². The van der Waals surface area contributed by atoms with Gasteiger partial charge in [0.15, 0.2) is 0 Å². The zero-order valence-corrected chi connectivity index (χ0v) is 11.8. The summed E-state index contributed by atoms with van der Waals surface area (Å²) in [7, 11) is 2.17. The summed E-state index contributed by atoms with van der Waals surface area (Å²) in [4.78, 5) is 17.4. The van der Waals surface area contributed by atoms with Crippen molar-refractivity contribution in [3.05, 3.63) is 0 Å². The molecule has 3 atom stereocenters. The molecule has 1 amide bonds. The van der Waals surface area contributed by atoms with Gasteiger partial charge in [0.05, 0.1) is 6.04 Å². The number of piperazine rings is 1. The summed E-state index contributed by atoms with van der Waals surface area (Å²) in [6, 6.07) is 1.05. The summed E-state index contributed by atoms with van der Waals surface area (Å²) >= 11 is 0. The van der Waals surface area contributed by atoms with E-state index in [-0.39, 0.29) is 17.4 Å². The lowest BCUT2D eigenvalue weighted by Gasteiger charge is -2.47. The lowest BCUT2D eigenvalue weighted by atomic mass is 9.80. The third-order valence-electron chi connectivity index (χ3n) is 4.97. The molecule has 3 fully saturated rings. The highest BCUT2D eigenvalue weighted by Gasteiger charge is 2.50. The van der Waals surface area contributed by atoms with Crippen molar-refractivity contribution in [3.63, 3.8) is 0 Å². The Morgan fingerprint density at radius 2 is 2.06 bits per heavy atom. The Kier molecular flexibility index (Phi) is 2.90. The monoisotopic (exact) mass is 251 g/mol. The fraction of sp³-hybridized carbons (Fsp3) is 0.929. The molecule has 3 aliphatic rings. The number of likely N-dealkylation sites (N-methyl/N-ethyl adjacent to an activating group) is 1. The molecule has 0 aromatic rings. The molecule has 2 aliphatic heterocycles. The maximum atomic E-state index is 12.5. The minimum absolute atomic E-state index is 0.0306. The van der Waals surface area contributed by atoms with Crippen molar-refractivity contribution in [2.45, 2.75) is 51.2 Å². The average Bonchev–Trinajstić information content (AvgIpc) is 2.66. The molecule has 4 heteroatoms. The normalized spacial score (nSPS) is 40.8. The first-order valence-electron chi connectivity index (χ1n) is 7.24. The van der Waals surface area contributed by atoms with E-state index < -0.39 is 0 Å². The van der Waals surface area contributed by atoms with Gasteiger partial charge < -0.3 is 10.2 Å². The molecule has 1 N–H and O–H groups in total. The lowest BCUT2D eigenvalue weighted by Crippen LogP contribution is -2.67. The Balaban J connectivity index is 1.94. The van der Waals surface area contributed by atoms with Gasteiger partial charge in [-0.05, 0) is 26.3 Å². The molecule has 0 aromatic carbocycles. The predicted octanol–water partition coefficient (Wildman–Crippen LogP) is 0.679. The summed E-state index contributed by atoms with van der Waals surface area (Å²) in [5, 5.41) is 3.28. The van der Waals surface area contributed by atoms with Crippen LogP contribution in [0.5, 0.6) is 0 Å². The molecule has 2 saturated heterocycles. The molecule has 3 rings (SSSR count). The van der Waals surface area contributed by atoms with Gasteiger partial charge in [-0.15, -0.1) is 0 Å². The van der Waals surface area contributed by atoms with Gasteiger partial charge in [-0.2, -0.15) is 0 Å². The standard InChI is InChI=1S/C14H25N3O/c1-14(2)9-16(3)7-8-17-11-6-4-5-10(11)15-13(18)12(14)17/h10-12H,4-9H2,1-3H3,(H,15,18). The van der Waals surface area contributed by atoms with Crippen molar-refractivity contribution in [1.82, 2.24) is 15.1 Å². The smallest absolute Gasteiger partial charge is 0.238 e. The van der Waals surface area contributed by atoms with E-state index in [1.807, 2.05) is 0 Å². The second kappa shape index (κ2) is 4.20. The SMILES string of the molecule is CN1CCN2C3CCCC3NC(=O)C2C(C)(C)C1. The van der Waals surface area contributed by atoms with Gasteiger partial charge in [0, 0.05) is 37.1 Å². The van der Waals surface area contributed by atoms with Crippen molar-refractivity contribution in [2.24, 2.45) is 5.41 Å². The Bertz CT molecular complexity index is 355. The van der Waals surface area contributed by atoms with Gasteiger partial charge in [-0.25, -0.2) is 0 Å². The van der Waals surface area contributed by atoms with Crippen molar-refractivity contribution < 1.29 is 4.79 Å². The number of hydrogen-bond acceptors (Lipinski definition) is 3. The first-order valence-corrected chi connectivity index (χ1v) is 7.24. The van der Waals surface area contributed by atoms with Crippen LogP contribution in [-0.2, 0) is 4.79 Å². The van der Waals surface area contributed by atoms with Gasteiger partial charge in [-0.3, -0.25) is 9.69 Å². The zero-order valence-electron chi connectivity index (χ0n) is 11.8. The van der Waals surface area contributed by atoms with Gasteiger partial charge in [0.1, 0.15) is 0 Å². The third kappa shape index (κ3) is 1.86. The summed E-state index contributed by atoms with van der Waals surface area (Å²) in [5.41, 5.74) is 0.0306. The molecular weight excluding hydrogens is 226 g/mol. The minimum Gasteiger partial charge on any atom is -0.350 e. The zero-order chi connectivity index (χ0) is 12.9. The Labute approximate surface area is 110 Å². The highest BCUT2D eigenvalue weighted by atomic mass is 16.2. The second-order valence-electron chi connectivity index (χ2n) is 6.98. The highest BCUT2D eigenvalue weighted by molar-refractivity contribution is 5.84. The van der Waals surface area contributed by atoms with Crippen LogP contribution < -0.4 is 5.32 Å². The maximum Gasteiger partial charge on any atom is 0.238 e. The molecule has 0 aromatic heterocycles. The van der Waals surface area contributed by atoms with Gasteiger partial charge in [0.25, 0.3) is 0 Å². The van der Waals surface area contributed by atoms with Gasteiger partial charge >= 0.3 is 0 Å². The van der Waals surface area contributed by atoms with E-state index in [1.165, 1.54) is 12.8 Å². The minimum atomic E-state index is 0.0306. The van der Waals surface area contributed by atoms with Gasteiger partial charge in [-0.1, -0.05) is 13.8 Å². The highest BCUT2D eigenvalue weighted by Crippen LogP contribution is 2.37. The molecule has 0 bridgehead atoms. The molecule has 1 aliphatic carbocycles. The van der Waals surface area contributed by atoms with E-state index in [2.05, 4.69) is 36.0 Å². The number of amides is 1. The molecule has 102 valence electrons. The fourth-order valence-corrected chi connectivity index (χ4v) is 4.36. The number of fused-ring (bicyclic) bond motifs is 3. The Hall–Kier alpha value is -0.610. The predicted molar refractivity (Wildman–Crippen MR) is 71.3 cm³/mol. The molecule has 1 saturated carbocycles. The van der Waals surface area contributed by atoms with Gasteiger partial charge in [0.2, 0.25) is 5.91 Å². The van der Waals surface area contributed by atoms with Crippen LogP contribution in [-0.4, -0.2) is 60.5 Å². The number of rotatable bonds is 0. The van der Waals surface area contributed by atoms with Crippen LogP contribution in [0.1, 0.15) is 33.1 Å². The van der Waals surface area contributed by atoms with Crippen LogP contribution in [0.4, 0.5) is 0 Å². The van der Waals surface area contributed by atoms with Crippen LogP contribution in [0.2, 0.25) is 0 Å². The molecule has 0 spiro atoms. The van der Waals surface area contributed by atoms with Crippen molar-refractivity contribution in [3.8, 4) is 0 Å². The van der Waals surface area contributed by atoms with Crippen LogP contribution >= 0.6 is 0 Å². The van der Waals surface area contributed by atoms with E-state index in [0.717, 1.165) is 26.1 Å². The molecule has 18 heavy (non-hydrogen) atoms. The maximum absolute atomic E-state index is 12.5. The van der Waals surface area contributed by atoms with E-state index in [9.17, 15) is 4.79 Å². The van der Waals surface area contributed by atoms with E-state index in [0.29, 0.717) is 12.1 Å². The van der Waals surface area contributed by atoms with Crippen LogP contribution in [0.15, 0.2) is 0 Å². The molecule has 2 heterocycles. The topological polar surface area (TPSA) is 35.6 Å². The fourth-order valence-electron chi connectivity index (χ4n) is 4.36. The quantitative estimate of drug-likeness (QED) is 0.688. The number of carbonyl (C=O) groups is 1. The Morgan fingerprint density at radius 1 is 1.28 bits per heavy atom. The summed E-state index contributed by atoms with van der Waals surface area (Å²) in [6.07, 6.45) is 3.67. The largest absolute Gasteiger partial charge is 0.350 e. The lowest BCUT2D eigenvalue weighted by molar-refractivity contribution is -0.137. The first kappa shape index (κ1) is 12.4. The molecule has 3 unspecified atom stereocenters. The van der Waals surface area contributed by atoms with Crippen molar-refractivity contribution in [2.75, 3.05) is 26.7 Å². The molecule has 4 nitrogen and oxygen atoms in total. The summed E-state index contributed by atoms with van der Waals surface area (Å²) < 4.78 is 0. The average molecular weight is 251 g/mol. The van der Waals surface area contributed by atoms with E-state index >= 15 is 0 Å². The van der Waals surface area contributed by atoms with E-state index in [4.69, 9.17) is 0 Å². The Morgan fingerprint density at radius 3 is 2.83 bits per heavy atom. The van der Waals surface area contributed by atoms with Crippen LogP contribution in [0.25, 0.3) is 0 Å². The third-order valence-corrected chi connectivity index (χ3v) is 4.97. The van der Waals surface area contributed by atoms with Crippen molar-refractivity contribution >= 4 is 5.91 Å². The van der Waals surface area contributed by atoms with Crippen LogP contribution in [0.3, 0.4) is 0 Å². The number of nitrogens with zero attached hydrogens (tertiary/aromatic N) is 2. The van der Waals surface area contributed by atoms with E-state index in [1.54, 1.807) is 0 Å². The number of carbonyl (C=O) groups excluding carboxylic acids is 1. The number of hydrogen-bond donors (Lipinski definition) is 1. The number of nitrogens with one attached hydrogen (secondary N) is 1. The first-order chi connectivity index (χ1) is 8.49. The molecular formula is C14H25N3O. The van der Waals surface area contributed by atoms with Crippen LogP contribution in [0, 0.1) is 5.41 Å². The second-order valence-corrected chi connectivity index (χ2v) is 6.98. The summed E-state index contributed by atoms with van der Waals surface area (Å²) in [6.45, 7) is 7.59. The summed E-state index contributed by atoms with van der Waals surface area (Å²) in [5.74, 6) is 0.262.